The van der Waals surface area contributed by atoms with Crippen LogP contribution >= 0.6 is 24.8 Å². The van der Waals surface area contributed by atoms with Gasteiger partial charge in [0.1, 0.15) is 0 Å². The van der Waals surface area contributed by atoms with Gasteiger partial charge in [-0.15, -0.1) is 24.8 Å². The molecular weight excluding hydrogens is 399 g/mol. The third-order valence-electron chi connectivity index (χ3n) is 5.47. The molecule has 0 aromatic heterocycles. The maximum Gasteiger partial charge on any atom is 0.254 e. The van der Waals surface area contributed by atoms with E-state index in [1.165, 1.54) is 12.8 Å². The molecule has 2 saturated heterocycles. The summed E-state index contributed by atoms with van der Waals surface area (Å²) in [6.45, 7) is 6.99. The van der Waals surface area contributed by atoms with Crippen LogP contribution < -0.4 is 5.73 Å². The number of hydrogen-bond donors (Lipinski definition) is 1. The molecule has 0 spiro atoms. The summed E-state index contributed by atoms with van der Waals surface area (Å²) in [7, 11) is 0. The van der Waals surface area contributed by atoms with E-state index in [-0.39, 0.29) is 36.6 Å². The van der Waals surface area contributed by atoms with Crippen LogP contribution in [-0.4, -0.2) is 72.3 Å². The Morgan fingerprint density at radius 2 is 1.50 bits per heavy atom. The van der Waals surface area contributed by atoms with Crippen molar-refractivity contribution in [2.45, 2.75) is 32.6 Å². The zero-order chi connectivity index (χ0) is 18.5. The lowest BCUT2D eigenvalue weighted by atomic mass is 10.1. The molecule has 0 atom stereocenters. The second kappa shape index (κ2) is 11.5. The number of nitrogen functional groups attached to an aromatic ring is 1. The fourth-order valence-corrected chi connectivity index (χ4v) is 3.76. The van der Waals surface area contributed by atoms with Gasteiger partial charge in [-0.1, -0.05) is 18.9 Å². The summed E-state index contributed by atoms with van der Waals surface area (Å²) < 4.78 is 0. The summed E-state index contributed by atoms with van der Waals surface area (Å²) in [6, 6.07) is 5.46. The lowest BCUT2D eigenvalue weighted by molar-refractivity contribution is -0.132. The number of rotatable bonds is 3. The topological polar surface area (TPSA) is 69.9 Å². The minimum atomic E-state index is 0. The normalized spacial score (nSPS) is 17.9. The average Bonchev–Trinajstić information content (AvgIpc) is 2.93. The molecule has 0 bridgehead atoms. The van der Waals surface area contributed by atoms with Gasteiger partial charge in [0.15, 0.2) is 0 Å². The maximum atomic E-state index is 12.8. The second-order valence-electron chi connectivity index (χ2n) is 7.44. The number of aryl methyl sites for hydroxylation is 1. The Morgan fingerprint density at radius 1 is 0.893 bits per heavy atom. The summed E-state index contributed by atoms with van der Waals surface area (Å²) in [5.41, 5.74) is 8.07. The number of piperazine rings is 1. The van der Waals surface area contributed by atoms with Crippen molar-refractivity contribution in [3.63, 3.8) is 0 Å². The smallest absolute Gasteiger partial charge is 0.254 e. The van der Waals surface area contributed by atoms with Crippen LogP contribution in [0.15, 0.2) is 18.2 Å². The summed E-state index contributed by atoms with van der Waals surface area (Å²) in [5.74, 6) is 0.270. The van der Waals surface area contributed by atoms with Crippen LogP contribution in [0.1, 0.15) is 41.6 Å². The number of nitrogens with zero attached hydrogens (tertiary/aromatic N) is 3. The molecule has 2 heterocycles. The molecule has 2 aliphatic rings. The highest BCUT2D eigenvalue weighted by Crippen LogP contribution is 2.17. The third-order valence-corrected chi connectivity index (χ3v) is 5.47. The zero-order valence-electron chi connectivity index (χ0n) is 16.6. The van der Waals surface area contributed by atoms with Crippen molar-refractivity contribution < 1.29 is 9.59 Å². The SMILES string of the molecule is Cc1ccc(N)cc1C(=O)N1CCN(CC(=O)N2CCCCCC2)CC1.Cl.Cl. The third kappa shape index (κ3) is 6.26. The Kier molecular flexibility index (Phi) is 10.1. The lowest BCUT2D eigenvalue weighted by Crippen LogP contribution is -2.51. The minimum Gasteiger partial charge on any atom is -0.399 e. The van der Waals surface area contributed by atoms with E-state index in [1.807, 2.05) is 28.9 Å². The summed E-state index contributed by atoms with van der Waals surface area (Å²) >= 11 is 0. The van der Waals surface area contributed by atoms with E-state index in [9.17, 15) is 9.59 Å². The Hall–Kier alpha value is -1.50. The van der Waals surface area contributed by atoms with E-state index in [0.717, 1.165) is 44.6 Å². The molecule has 3 rings (SSSR count). The van der Waals surface area contributed by atoms with Crippen molar-refractivity contribution in [1.29, 1.82) is 0 Å². The fraction of sp³-hybridized carbons (Fsp3) is 0.600. The highest BCUT2D eigenvalue weighted by atomic mass is 35.5. The van der Waals surface area contributed by atoms with E-state index >= 15 is 0 Å². The van der Waals surface area contributed by atoms with Gasteiger partial charge < -0.3 is 15.5 Å². The molecule has 158 valence electrons. The van der Waals surface area contributed by atoms with Crippen LogP contribution in [0, 0.1) is 6.92 Å². The zero-order valence-corrected chi connectivity index (χ0v) is 18.2. The number of benzene rings is 1. The minimum absolute atomic E-state index is 0. The fourth-order valence-electron chi connectivity index (χ4n) is 3.76. The molecule has 8 heteroatoms. The van der Waals surface area contributed by atoms with E-state index in [1.54, 1.807) is 6.07 Å². The standard InChI is InChI=1S/C20H30N4O2.2ClH/c1-16-6-7-17(21)14-18(16)20(26)24-12-10-22(11-13-24)15-19(25)23-8-4-2-3-5-9-23;;/h6-7,14H,2-5,8-13,15,21H2,1H3;2*1H. The number of likely N-dealkylation sites (tertiary alicyclic amines) is 1. The first kappa shape index (κ1) is 24.5. The number of hydrogen-bond acceptors (Lipinski definition) is 4. The van der Waals surface area contributed by atoms with Gasteiger partial charge in [0, 0.05) is 50.5 Å². The van der Waals surface area contributed by atoms with Gasteiger partial charge in [-0.05, 0) is 37.5 Å². The van der Waals surface area contributed by atoms with Crippen molar-refractivity contribution in [3.05, 3.63) is 29.3 Å². The van der Waals surface area contributed by atoms with E-state index in [4.69, 9.17) is 5.73 Å². The van der Waals surface area contributed by atoms with Crippen molar-refractivity contribution in [2.75, 3.05) is 51.5 Å². The molecule has 0 unspecified atom stereocenters. The van der Waals surface area contributed by atoms with Crippen LogP contribution in [0.25, 0.3) is 0 Å². The molecule has 6 nitrogen and oxygen atoms in total. The molecule has 28 heavy (non-hydrogen) atoms. The summed E-state index contributed by atoms with van der Waals surface area (Å²) in [6.07, 6.45) is 4.70. The van der Waals surface area contributed by atoms with Gasteiger partial charge in [-0.3, -0.25) is 14.5 Å². The van der Waals surface area contributed by atoms with Crippen LogP contribution in [0.4, 0.5) is 5.69 Å². The monoisotopic (exact) mass is 430 g/mol. The number of amides is 2. The molecule has 1 aromatic carbocycles. The molecule has 2 amide bonds. The van der Waals surface area contributed by atoms with Gasteiger partial charge in [0.05, 0.1) is 6.54 Å². The molecule has 0 aliphatic carbocycles. The van der Waals surface area contributed by atoms with Crippen molar-refractivity contribution in [1.82, 2.24) is 14.7 Å². The molecule has 0 saturated carbocycles. The van der Waals surface area contributed by atoms with Crippen LogP contribution in [0.2, 0.25) is 0 Å². The largest absolute Gasteiger partial charge is 0.399 e. The van der Waals surface area contributed by atoms with Crippen LogP contribution in [0.3, 0.4) is 0 Å². The molecule has 2 aliphatic heterocycles. The van der Waals surface area contributed by atoms with E-state index < -0.39 is 0 Å². The molecule has 2 fully saturated rings. The summed E-state index contributed by atoms with van der Waals surface area (Å²) in [4.78, 5) is 31.3. The van der Waals surface area contributed by atoms with Crippen molar-refractivity contribution in [2.24, 2.45) is 0 Å². The van der Waals surface area contributed by atoms with Gasteiger partial charge in [-0.25, -0.2) is 0 Å². The highest BCUT2D eigenvalue weighted by molar-refractivity contribution is 5.96. The van der Waals surface area contributed by atoms with E-state index in [0.29, 0.717) is 30.9 Å². The quantitative estimate of drug-likeness (QED) is 0.747. The van der Waals surface area contributed by atoms with E-state index in [2.05, 4.69) is 4.90 Å². The number of nitrogens with two attached hydrogens (primary N) is 1. The Morgan fingerprint density at radius 3 is 2.11 bits per heavy atom. The average molecular weight is 431 g/mol. The Bertz CT molecular complexity index is 656. The summed E-state index contributed by atoms with van der Waals surface area (Å²) in [5, 5.41) is 0. The first-order valence-electron chi connectivity index (χ1n) is 9.70. The number of carbonyl (C=O) groups is 2. The number of carbonyl (C=O) groups excluding carboxylic acids is 2. The predicted molar refractivity (Wildman–Crippen MR) is 117 cm³/mol. The number of halogens is 2. The van der Waals surface area contributed by atoms with Crippen molar-refractivity contribution >= 4 is 42.3 Å². The predicted octanol–water partition coefficient (Wildman–Crippen LogP) is 2.58. The van der Waals surface area contributed by atoms with Gasteiger partial charge in [0.25, 0.3) is 5.91 Å². The van der Waals surface area contributed by atoms with Crippen LogP contribution in [0.5, 0.6) is 0 Å². The number of anilines is 1. The van der Waals surface area contributed by atoms with Crippen LogP contribution in [-0.2, 0) is 4.79 Å². The maximum absolute atomic E-state index is 12.8. The highest BCUT2D eigenvalue weighted by Gasteiger charge is 2.25. The second-order valence-corrected chi connectivity index (χ2v) is 7.44. The van der Waals surface area contributed by atoms with Crippen molar-refractivity contribution in [3.8, 4) is 0 Å². The van der Waals surface area contributed by atoms with Gasteiger partial charge in [-0.2, -0.15) is 0 Å². The Balaban J connectivity index is 0.00000196. The molecular formula is C20H32Cl2N4O2. The first-order valence-corrected chi connectivity index (χ1v) is 9.70. The molecule has 1 aromatic rings. The molecule has 0 radical (unpaired) electrons. The Labute approximate surface area is 180 Å². The first-order chi connectivity index (χ1) is 12.5. The lowest BCUT2D eigenvalue weighted by Gasteiger charge is -2.35. The van der Waals surface area contributed by atoms with Gasteiger partial charge in [0.2, 0.25) is 5.91 Å². The molecule has 2 N–H and O–H groups in total. The van der Waals surface area contributed by atoms with Gasteiger partial charge >= 0.3 is 0 Å².